The predicted octanol–water partition coefficient (Wildman–Crippen LogP) is 5.28. The van der Waals surface area contributed by atoms with Crippen LogP contribution in [0.15, 0.2) is 46.9 Å². The van der Waals surface area contributed by atoms with Gasteiger partial charge in [-0.3, -0.25) is 4.79 Å². The van der Waals surface area contributed by atoms with Gasteiger partial charge < -0.3 is 14.8 Å². The Morgan fingerprint density at radius 1 is 1.21 bits per heavy atom. The summed E-state index contributed by atoms with van der Waals surface area (Å²) in [4.78, 5) is 12.4. The molecule has 0 saturated heterocycles. The van der Waals surface area contributed by atoms with Crippen LogP contribution in [0.5, 0.6) is 11.5 Å². The van der Waals surface area contributed by atoms with Gasteiger partial charge in [-0.1, -0.05) is 13.0 Å². The summed E-state index contributed by atoms with van der Waals surface area (Å²) in [6, 6.07) is 12.7. The number of hydrogen-bond acceptors (Lipinski definition) is 3. The minimum Gasteiger partial charge on any atom is -0.494 e. The Bertz CT molecular complexity index is 701. The normalized spacial score (nSPS) is 10.5. The van der Waals surface area contributed by atoms with Crippen molar-refractivity contribution >= 4 is 27.5 Å². The molecule has 128 valence electrons. The van der Waals surface area contributed by atoms with Gasteiger partial charge in [-0.05, 0) is 66.5 Å². The van der Waals surface area contributed by atoms with Crippen LogP contribution < -0.4 is 14.8 Å². The first-order valence-electron chi connectivity index (χ1n) is 8.00. The molecule has 0 aliphatic carbocycles. The van der Waals surface area contributed by atoms with E-state index in [2.05, 4.69) is 28.2 Å². The van der Waals surface area contributed by atoms with Gasteiger partial charge in [0.15, 0.2) is 0 Å². The van der Waals surface area contributed by atoms with Crippen LogP contribution in [0.25, 0.3) is 0 Å². The van der Waals surface area contributed by atoms with Crippen LogP contribution in [0.4, 0.5) is 5.69 Å². The molecule has 24 heavy (non-hydrogen) atoms. The van der Waals surface area contributed by atoms with Crippen molar-refractivity contribution < 1.29 is 14.3 Å². The standard InChI is InChI=1S/C19H22BrNO3/c1-4-10-23-16-7-5-6-15(12-16)21-19(22)14-8-9-18(17(20)11-14)24-13(2)3/h5-9,11-13H,4,10H2,1-3H3,(H,21,22). The molecule has 2 rings (SSSR count). The van der Waals surface area contributed by atoms with E-state index in [-0.39, 0.29) is 12.0 Å². The number of amides is 1. The molecule has 0 unspecified atom stereocenters. The van der Waals surface area contributed by atoms with Gasteiger partial charge >= 0.3 is 0 Å². The van der Waals surface area contributed by atoms with Crippen molar-refractivity contribution in [2.24, 2.45) is 0 Å². The van der Waals surface area contributed by atoms with Crippen LogP contribution in [-0.4, -0.2) is 18.6 Å². The molecular weight excluding hydrogens is 370 g/mol. The molecule has 0 spiro atoms. The molecule has 0 fully saturated rings. The lowest BCUT2D eigenvalue weighted by Crippen LogP contribution is -2.12. The molecular formula is C19H22BrNO3. The Labute approximate surface area is 151 Å². The van der Waals surface area contributed by atoms with E-state index in [1.54, 1.807) is 18.2 Å². The number of carbonyl (C=O) groups excluding carboxylic acids is 1. The lowest BCUT2D eigenvalue weighted by atomic mass is 10.2. The Morgan fingerprint density at radius 3 is 2.67 bits per heavy atom. The SMILES string of the molecule is CCCOc1cccc(NC(=O)c2ccc(OC(C)C)c(Br)c2)c1. The first-order valence-corrected chi connectivity index (χ1v) is 8.79. The number of anilines is 1. The molecule has 4 nitrogen and oxygen atoms in total. The number of hydrogen-bond donors (Lipinski definition) is 1. The minimum atomic E-state index is -0.181. The van der Waals surface area contributed by atoms with Gasteiger partial charge in [0.05, 0.1) is 17.2 Å². The highest BCUT2D eigenvalue weighted by Gasteiger charge is 2.11. The lowest BCUT2D eigenvalue weighted by Gasteiger charge is -2.13. The summed E-state index contributed by atoms with van der Waals surface area (Å²) in [5, 5.41) is 2.88. The number of ether oxygens (including phenoxy) is 2. The summed E-state index contributed by atoms with van der Waals surface area (Å²) in [5.74, 6) is 1.28. The third-order valence-corrected chi connectivity index (χ3v) is 3.74. The zero-order valence-corrected chi connectivity index (χ0v) is 15.7. The van der Waals surface area contributed by atoms with Crippen LogP contribution in [0.2, 0.25) is 0 Å². The van der Waals surface area contributed by atoms with Crippen molar-refractivity contribution in [2.75, 3.05) is 11.9 Å². The lowest BCUT2D eigenvalue weighted by molar-refractivity contribution is 0.102. The second kappa shape index (κ2) is 8.73. The number of nitrogens with one attached hydrogen (secondary N) is 1. The van der Waals surface area contributed by atoms with Gasteiger partial charge in [-0.25, -0.2) is 0 Å². The Balaban J connectivity index is 2.08. The van der Waals surface area contributed by atoms with E-state index in [0.29, 0.717) is 17.9 Å². The Morgan fingerprint density at radius 2 is 2.00 bits per heavy atom. The number of halogens is 1. The number of carbonyl (C=O) groups is 1. The van der Waals surface area contributed by atoms with E-state index >= 15 is 0 Å². The van der Waals surface area contributed by atoms with Gasteiger partial charge in [0.1, 0.15) is 11.5 Å². The van der Waals surface area contributed by atoms with E-state index in [9.17, 15) is 4.79 Å². The molecule has 0 aromatic heterocycles. The fraction of sp³-hybridized carbons (Fsp3) is 0.316. The average molecular weight is 392 g/mol. The summed E-state index contributed by atoms with van der Waals surface area (Å²) in [6.45, 7) is 6.62. The molecule has 1 amide bonds. The third kappa shape index (κ3) is 5.27. The summed E-state index contributed by atoms with van der Waals surface area (Å²) in [5.41, 5.74) is 1.25. The van der Waals surface area contributed by atoms with E-state index in [1.807, 2.05) is 38.1 Å². The van der Waals surface area contributed by atoms with Crippen molar-refractivity contribution in [1.82, 2.24) is 0 Å². The molecule has 0 radical (unpaired) electrons. The first-order chi connectivity index (χ1) is 11.5. The summed E-state index contributed by atoms with van der Waals surface area (Å²) < 4.78 is 12.0. The van der Waals surface area contributed by atoms with Crippen LogP contribution in [0, 0.1) is 0 Å². The molecule has 0 atom stereocenters. The molecule has 2 aromatic carbocycles. The van der Waals surface area contributed by atoms with Crippen molar-refractivity contribution in [2.45, 2.75) is 33.3 Å². The van der Waals surface area contributed by atoms with Crippen molar-refractivity contribution in [3.63, 3.8) is 0 Å². The van der Waals surface area contributed by atoms with Crippen LogP contribution >= 0.6 is 15.9 Å². The fourth-order valence-corrected chi connectivity index (χ4v) is 2.55. The van der Waals surface area contributed by atoms with E-state index in [4.69, 9.17) is 9.47 Å². The van der Waals surface area contributed by atoms with Gasteiger partial charge in [0.2, 0.25) is 0 Å². The maximum absolute atomic E-state index is 12.4. The van der Waals surface area contributed by atoms with Gasteiger partial charge in [-0.2, -0.15) is 0 Å². The molecule has 0 bridgehead atoms. The quantitative estimate of drug-likeness (QED) is 0.698. The summed E-state index contributed by atoms with van der Waals surface area (Å²) in [7, 11) is 0. The van der Waals surface area contributed by atoms with Crippen molar-refractivity contribution in [3.8, 4) is 11.5 Å². The van der Waals surface area contributed by atoms with E-state index in [0.717, 1.165) is 22.4 Å². The molecule has 2 aromatic rings. The minimum absolute atomic E-state index is 0.0758. The molecule has 0 heterocycles. The van der Waals surface area contributed by atoms with E-state index in [1.165, 1.54) is 0 Å². The van der Waals surface area contributed by atoms with E-state index < -0.39 is 0 Å². The van der Waals surface area contributed by atoms with Crippen molar-refractivity contribution in [3.05, 3.63) is 52.5 Å². The van der Waals surface area contributed by atoms with Gasteiger partial charge in [0.25, 0.3) is 5.91 Å². The molecule has 1 N–H and O–H groups in total. The molecule has 0 aliphatic rings. The maximum atomic E-state index is 12.4. The van der Waals surface area contributed by atoms with Crippen molar-refractivity contribution in [1.29, 1.82) is 0 Å². The smallest absolute Gasteiger partial charge is 0.255 e. The highest BCUT2D eigenvalue weighted by atomic mass is 79.9. The van der Waals surface area contributed by atoms with Gasteiger partial charge in [-0.15, -0.1) is 0 Å². The highest BCUT2D eigenvalue weighted by molar-refractivity contribution is 9.10. The van der Waals surface area contributed by atoms with Crippen LogP contribution in [0.1, 0.15) is 37.6 Å². The second-order valence-corrected chi connectivity index (χ2v) is 6.50. The maximum Gasteiger partial charge on any atom is 0.255 e. The first kappa shape index (κ1) is 18.3. The molecule has 0 aliphatic heterocycles. The Hall–Kier alpha value is -2.01. The zero-order chi connectivity index (χ0) is 17.5. The Kier molecular flexibility index (Phi) is 6.67. The van der Waals surface area contributed by atoms with Gasteiger partial charge in [0, 0.05) is 17.3 Å². The average Bonchev–Trinajstić information content (AvgIpc) is 2.54. The highest BCUT2D eigenvalue weighted by Crippen LogP contribution is 2.27. The second-order valence-electron chi connectivity index (χ2n) is 5.64. The van der Waals surface area contributed by atoms with Crippen LogP contribution in [-0.2, 0) is 0 Å². The fourth-order valence-electron chi connectivity index (χ4n) is 2.08. The number of benzene rings is 2. The molecule has 5 heteroatoms. The van der Waals surface area contributed by atoms with Crippen LogP contribution in [0.3, 0.4) is 0 Å². The zero-order valence-electron chi connectivity index (χ0n) is 14.1. The summed E-state index contributed by atoms with van der Waals surface area (Å²) >= 11 is 3.44. The third-order valence-electron chi connectivity index (χ3n) is 3.12. The number of rotatable bonds is 7. The predicted molar refractivity (Wildman–Crippen MR) is 100 cm³/mol. The molecule has 0 saturated carbocycles. The monoisotopic (exact) mass is 391 g/mol. The topological polar surface area (TPSA) is 47.6 Å². The summed E-state index contributed by atoms with van der Waals surface area (Å²) in [6.07, 6.45) is 1.02. The largest absolute Gasteiger partial charge is 0.494 e.